The zero-order valence-electron chi connectivity index (χ0n) is 12.8. The van der Waals surface area contributed by atoms with Gasteiger partial charge < -0.3 is 10.6 Å². The van der Waals surface area contributed by atoms with Gasteiger partial charge in [-0.2, -0.15) is 0 Å². The van der Waals surface area contributed by atoms with Crippen molar-refractivity contribution >= 4 is 16.7 Å². The molecule has 0 amide bonds. The van der Waals surface area contributed by atoms with Crippen LogP contribution in [0.2, 0.25) is 0 Å². The average molecular weight is 302 g/mol. The van der Waals surface area contributed by atoms with Crippen molar-refractivity contribution in [2.45, 2.75) is 6.04 Å². The van der Waals surface area contributed by atoms with Gasteiger partial charge in [-0.25, -0.2) is 9.97 Å². The minimum atomic E-state index is 0.398. The molecule has 4 nitrogen and oxygen atoms in total. The molecular weight excluding hydrogens is 284 g/mol. The van der Waals surface area contributed by atoms with E-state index in [0.717, 1.165) is 30.3 Å². The lowest BCUT2D eigenvalue weighted by Gasteiger charge is -2.19. The lowest BCUT2D eigenvalue weighted by Crippen LogP contribution is -2.29. The van der Waals surface area contributed by atoms with E-state index in [4.69, 9.17) is 10.7 Å². The average Bonchev–Trinajstić information content (AvgIpc) is 3.01. The maximum atomic E-state index is 6.02. The minimum absolute atomic E-state index is 0.398. The summed E-state index contributed by atoms with van der Waals surface area (Å²) in [4.78, 5) is 11.5. The van der Waals surface area contributed by atoms with Crippen molar-refractivity contribution in [3.8, 4) is 11.3 Å². The molecule has 0 spiro atoms. The number of benzene rings is 2. The Morgan fingerprint density at radius 1 is 0.957 bits per heavy atom. The van der Waals surface area contributed by atoms with Crippen molar-refractivity contribution in [2.75, 3.05) is 18.0 Å². The Kier molecular flexibility index (Phi) is 2.70. The standard InChI is InChI=1S/C19H18N4/c20-18-15-10-23(11-16(15)18)19-21-8-7-17(22-19)14-6-5-12-3-1-2-4-13(12)9-14/h1-9,15-16,18H,10-11,20H2/t15-,16+,18?. The summed E-state index contributed by atoms with van der Waals surface area (Å²) in [6.07, 6.45) is 1.86. The number of aromatic nitrogens is 2. The van der Waals surface area contributed by atoms with Crippen molar-refractivity contribution in [2.24, 2.45) is 17.6 Å². The van der Waals surface area contributed by atoms with Crippen LogP contribution >= 0.6 is 0 Å². The zero-order chi connectivity index (χ0) is 15.4. The fraction of sp³-hybridized carbons (Fsp3) is 0.263. The van der Waals surface area contributed by atoms with E-state index in [1.54, 1.807) is 0 Å². The summed E-state index contributed by atoms with van der Waals surface area (Å²) < 4.78 is 0. The molecule has 1 aliphatic carbocycles. The molecule has 2 N–H and O–H groups in total. The third-order valence-corrected chi connectivity index (χ3v) is 5.23. The number of rotatable bonds is 2. The smallest absolute Gasteiger partial charge is 0.225 e. The van der Waals surface area contributed by atoms with E-state index in [0.29, 0.717) is 17.9 Å². The second-order valence-electron chi connectivity index (χ2n) is 6.61. The summed E-state index contributed by atoms with van der Waals surface area (Å²) in [6.45, 7) is 1.99. The Labute approximate surface area is 135 Å². The fourth-order valence-corrected chi connectivity index (χ4v) is 3.75. The second-order valence-corrected chi connectivity index (χ2v) is 6.61. The summed E-state index contributed by atoms with van der Waals surface area (Å²) in [5.41, 5.74) is 8.13. The summed E-state index contributed by atoms with van der Waals surface area (Å²) >= 11 is 0. The summed E-state index contributed by atoms with van der Waals surface area (Å²) in [5, 5.41) is 2.48. The van der Waals surface area contributed by atoms with Crippen LogP contribution in [0.15, 0.2) is 54.7 Å². The monoisotopic (exact) mass is 302 g/mol. The molecule has 3 aromatic rings. The summed E-state index contributed by atoms with van der Waals surface area (Å²) in [6, 6.07) is 17.2. The highest BCUT2D eigenvalue weighted by atomic mass is 15.3. The number of piperidine rings is 1. The molecule has 0 radical (unpaired) electrons. The first-order valence-corrected chi connectivity index (χ1v) is 8.12. The minimum Gasteiger partial charge on any atom is -0.340 e. The SMILES string of the molecule is NC1[C@H]2CN(c3nccc(-c4ccc5ccccc5c4)n3)C[C@@H]12. The van der Waals surface area contributed by atoms with E-state index in [2.05, 4.69) is 52.3 Å². The van der Waals surface area contributed by atoms with E-state index in [1.807, 2.05) is 12.3 Å². The summed E-state index contributed by atoms with van der Waals surface area (Å²) in [5.74, 6) is 2.11. The lowest BCUT2D eigenvalue weighted by atomic mass is 10.1. The van der Waals surface area contributed by atoms with Crippen LogP contribution in [0.5, 0.6) is 0 Å². The van der Waals surface area contributed by atoms with Crippen LogP contribution in [0.4, 0.5) is 5.95 Å². The molecule has 0 bridgehead atoms. The third kappa shape index (κ3) is 2.10. The van der Waals surface area contributed by atoms with Crippen molar-refractivity contribution < 1.29 is 0 Å². The van der Waals surface area contributed by atoms with Gasteiger partial charge in [-0.15, -0.1) is 0 Å². The molecule has 2 aromatic carbocycles. The van der Waals surface area contributed by atoms with Crippen molar-refractivity contribution in [1.29, 1.82) is 0 Å². The Balaban J connectivity index is 1.49. The predicted octanol–water partition coefficient (Wildman–Crippen LogP) is 2.69. The quantitative estimate of drug-likeness (QED) is 0.791. The van der Waals surface area contributed by atoms with E-state index >= 15 is 0 Å². The van der Waals surface area contributed by atoms with E-state index < -0.39 is 0 Å². The van der Waals surface area contributed by atoms with Crippen molar-refractivity contribution in [3.05, 3.63) is 54.7 Å². The number of anilines is 1. The van der Waals surface area contributed by atoms with E-state index in [-0.39, 0.29) is 0 Å². The fourth-order valence-electron chi connectivity index (χ4n) is 3.75. The first-order valence-electron chi connectivity index (χ1n) is 8.12. The van der Waals surface area contributed by atoms with Gasteiger partial charge in [-0.1, -0.05) is 36.4 Å². The first-order chi connectivity index (χ1) is 11.3. The van der Waals surface area contributed by atoms with E-state index in [1.165, 1.54) is 10.8 Å². The Hall–Kier alpha value is -2.46. The second kappa shape index (κ2) is 4.77. The number of fused-ring (bicyclic) bond motifs is 2. The molecule has 1 saturated heterocycles. The molecule has 5 rings (SSSR count). The molecule has 4 heteroatoms. The van der Waals surface area contributed by atoms with Gasteiger partial charge in [0.25, 0.3) is 0 Å². The third-order valence-electron chi connectivity index (χ3n) is 5.23. The Morgan fingerprint density at radius 2 is 1.74 bits per heavy atom. The van der Waals surface area contributed by atoms with Crippen LogP contribution in [0, 0.1) is 11.8 Å². The highest BCUT2D eigenvalue weighted by Gasteiger charge is 2.54. The lowest BCUT2D eigenvalue weighted by molar-refractivity contribution is 0.725. The molecule has 114 valence electrons. The van der Waals surface area contributed by atoms with E-state index in [9.17, 15) is 0 Å². The van der Waals surface area contributed by atoms with Crippen LogP contribution in [-0.4, -0.2) is 29.1 Å². The molecule has 1 aliphatic heterocycles. The van der Waals surface area contributed by atoms with Crippen LogP contribution in [0.1, 0.15) is 0 Å². The van der Waals surface area contributed by atoms with Gasteiger partial charge >= 0.3 is 0 Å². The number of hydrogen-bond acceptors (Lipinski definition) is 4. The van der Waals surface area contributed by atoms with Gasteiger partial charge in [0.15, 0.2) is 0 Å². The van der Waals surface area contributed by atoms with Gasteiger partial charge in [-0.05, 0) is 34.7 Å². The van der Waals surface area contributed by atoms with Crippen LogP contribution in [0.3, 0.4) is 0 Å². The molecule has 2 heterocycles. The highest BCUT2D eigenvalue weighted by Crippen LogP contribution is 2.44. The first kappa shape index (κ1) is 13.0. The number of nitrogens with zero attached hydrogens (tertiary/aromatic N) is 3. The van der Waals surface area contributed by atoms with Crippen molar-refractivity contribution in [1.82, 2.24) is 9.97 Å². The van der Waals surface area contributed by atoms with Gasteiger partial charge in [0, 0.05) is 30.9 Å². The van der Waals surface area contributed by atoms with Gasteiger partial charge in [0.05, 0.1) is 5.69 Å². The molecule has 3 atom stereocenters. The summed E-state index contributed by atoms with van der Waals surface area (Å²) in [7, 11) is 0. The number of nitrogens with two attached hydrogens (primary N) is 1. The maximum absolute atomic E-state index is 6.02. The van der Waals surface area contributed by atoms with Gasteiger partial charge in [-0.3, -0.25) is 0 Å². The largest absolute Gasteiger partial charge is 0.340 e. The van der Waals surface area contributed by atoms with Gasteiger partial charge in [0.1, 0.15) is 0 Å². The zero-order valence-corrected chi connectivity index (χ0v) is 12.8. The molecule has 1 saturated carbocycles. The predicted molar refractivity (Wildman–Crippen MR) is 92.1 cm³/mol. The molecule has 23 heavy (non-hydrogen) atoms. The number of hydrogen-bond donors (Lipinski definition) is 1. The highest BCUT2D eigenvalue weighted by molar-refractivity contribution is 5.86. The van der Waals surface area contributed by atoms with Gasteiger partial charge in [0.2, 0.25) is 5.95 Å². The molecular formula is C19H18N4. The Bertz CT molecular complexity index is 879. The molecule has 1 unspecified atom stereocenters. The maximum Gasteiger partial charge on any atom is 0.225 e. The molecule has 1 aromatic heterocycles. The van der Waals surface area contributed by atoms with Crippen LogP contribution in [0.25, 0.3) is 22.0 Å². The van der Waals surface area contributed by atoms with Crippen molar-refractivity contribution in [3.63, 3.8) is 0 Å². The molecule has 2 fully saturated rings. The topological polar surface area (TPSA) is 55.0 Å². The Morgan fingerprint density at radius 3 is 2.57 bits per heavy atom. The molecule has 2 aliphatic rings. The normalized spacial score (nSPS) is 25.6. The van der Waals surface area contributed by atoms with Crippen LogP contribution in [-0.2, 0) is 0 Å². The van der Waals surface area contributed by atoms with Crippen LogP contribution < -0.4 is 10.6 Å².